The van der Waals surface area contributed by atoms with Crippen molar-refractivity contribution in [3.05, 3.63) is 29.8 Å². The fourth-order valence-corrected chi connectivity index (χ4v) is 4.53. The molecule has 1 aromatic carbocycles. The zero-order valence-electron chi connectivity index (χ0n) is 14.4. The van der Waals surface area contributed by atoms with E-state index in [1.54, 1.807) is 6.92 Å². The van der Waals surface area contributed by atoms with Gasteiger partial charge in [-0.05, 0) is 69.7 Å². The van der Waals surface area contributed by atoms with Crippen molar-refractivity contribution in [1.82, 2.24) is 10.0 Å². The van der Waals surface area contributed by atoms with Crippen LogP contribution >= 0.6 is 0 Å². The van der Waals surface area contributed by atoms with Crippen LogP contribution < -0.4 is 14.8 Å². The van der Waals surface area contributed by atoms with Gasteiger partial charge in [0.05, 0.1) is 5.75 Å². The van der Waals surface area contributed by atoms with Gasteiger partial charge in [-0.1, -0.05) is 18.2 Å². The SMILES string of the molecule is CCS(=O)(=O)NCCCC1CC2(CCNCC2)Oc2ccccc21. The summed E-state index contributed by atoms with van der Waals surface area (Å²) in [5.74, 6) is 1.60. The number of fused-ring (bicyclic) bond motifs is 1. The Bertz CT molecular complexity index is 654. The molecule has 1 atom stereocenters. The number of benzene rings is 1. The van der Waals surface area contributed by atoms with Crippen molar-refractivity contribution in [3.63, 3.8) is 0 Å². The molecule has 1 unspecified atom stereocenters. The zero-order chi connectivity index (χ0) is 17.0. The highest BCUT2D eigenvalue weighted by Gasteiger charge is 2.41. The van der Waals surface area contributed by atoms with Gasteiger partial charge in [0.2, 0.25) is 10.0 Å². The number of sulfonamides is 1. The molecule has 1 spiro atoms. The second-order valence-electron chi connectivity index (χ2n) is 6.91. The molecule has 24 heavy (non-hydrogen) atoms. The van der Waals surface area contributed by atoms with Crippen LogP contribution in [0.3, 0.4) is 0 Å². The Morgan fingerprint density at radius 1 is 1.29 bits per heavy atom. The van der Waals surface area contributed by atoms with E-state index in [-0.39, 0.29) is 11.4 Å². The van der Waals surface area contributed by atoms with Gasteiger partial charge in [-0.3, -0.25) is 0 Å². The lowest BCUT2D eigenvalue weighted by molar-refractivity contribution is 0.00612. The third kappa shape index (κ3) is 4.10. The number of hydrogen-bond donors (Lipinski definition) is 2. The van der Waals surface area contributed by atoms with E-state index in [1.807, 2.05) is 6.07 Å². The molecule has 6 heteroatoms. The lowest BCUT2D eigenvalue weighted by Crippen LogP contribution is -2.49. The monoisotopic (exact) mass is 352 g/mol. The summed E-state index contributed by atoms with van der Waals surface area (Å²) >= 11 is 0. The topological polar surface area (TPSA) is 67.4 Å². The van der Waals surface area contributed by atoms with Crippen LogP contribution in [-0.2, 0) is 10.0 Å². The smallest absolute Gasteiger partial charge is 0.211 e. The maximum Gasteiger partial charge on any atom is 0.211 e. The number of rotatable bonds is 6. The van der Waals surface area contributed by atoms with E-state index < -0.39 is 10.0 Å². The van der Waals surface area contributed by atoms with Crippen molar-refractivity contribution < 1.29 is 13.2 Å². The highest BCUT2D eigenvalue weighted by Crippen LogP contribution is 2.46. The Labute approximate surface area is 145 Å². The van der Waals surface area contributed by atoms with Crippen LogP contribution in [0.4, 0.5) is 0 Å². The van der Waals surface area contributed by atoms with Crippen molar-refractivity contribution in [1.29, 1.82) is 0 Å². The van der Waals surface area contributed by atoms with Crippen molar-refractivity contribution in [2.24, 2.45) is 0 Å². The van der Waals surface area contributed by atoms with Gasteiger partial charge in [-0.25, -0.2) is 13.1 Å². The van der Waals surface area contributed by atoms with Crippen molar-refractivity contribution in [2.45, 2.75) is 50.5 Å². The summed E-state index contributed by atoms with van der Waals surface area (Å²) in [7, 11) is -3.09. The maximum absolute atomic E-state index is 11.6. The minimum absolute atomic E-state index is 0.0484. The first-order valence-corrected chi connectivity index (χ1v) is 10.6. The molecular weight excluding hydrogens is 324 g/mol. The highest BCUT2D eigenvalue weighted by atomic mass is 32.2. The quantitative estimate of drug-likeness (QED) is 0.772. The molecule has 2 N–H and O–H groups in total. The molecule has 2 aliphatic rings. The fourth-order valence-electron chi connectivity index (χ4n) is 3.87. The van der Waals surface area contributed by atoms with E-state index in [9.17, 15) is 8.42 Å². The second kappa shape index (κ2) is 7.42. The zero-order valence-corrected chi connectivity index (χ0v) is 15.2. The Balaban J connectivity index is 1.67. The maximum atomic E-state index is 11.6. The van der Waals surface area contributed by atoms with E-state index in [0.717, 1.165) is 50.9 Å². The van der Waals surface area contributed by atoms with Crippen LogP contribution in [0.25, 0.3) is 0 Å². The van der Waals surface area contributed by atoms with Gasteiger partial charge in [0.25, 0.3) is 0 Å². The molecule has 0 aromatic heterocycles. The molecule has 5 nitrogen and oxygen atoms in total. The van der Waals surface area contributed by atoms with Crippen LogP contribution in [0.2, 0.25) is 0 Å². The lowest BCUT2D eigenvalue weighted by Gasteiger charge is -2.45. The van der Waals surface area contributed by atoms with Gasteiger partial charge in [0.1, 0.15) is 11.4 Å². The number of ether oxygens (including phenoxy) is 1. The van der Waals surface area contributed by atoms with Crippen LogP contribution in [0, 0.1) is 0 Å². The first-order chi connectivity index (χ1) is 11.5. The van der Waals surface area contributed by atoms with E-state index in [0.29, 0.717) is 12.5 Å². The van der Waals surface area contributed by atoms with Crippen molar-refractivity contribution in [3.8, 4) is 5.75 Å². The molecule has 1 aromatic rings. The van der Waals surface area contributed by atoms with Crippen molar-refractivity contribution >= 4 is 10.0 Å². The van der Waals surface area contributed by atoms with Gasteiger partial charge in [0.15, 0.2) is 0 Å². The van der Waals surface area contributed by atoms with Crippen LogP contribution in [-0.4, -0.2) is 39.4 Å². The van der Waals surface area contributed by atoms with Gasteiger partial charge in [0, 0.05) is 6.54 Å². The summed E-state index contributed by atoms with van der Waals surface area (Å²) in [5.41, 5.74) is 1.23. The van der Waals surface area contributed by atoms with Crippen LogP contribution in [0.1, 0.15) is 50.5 Å². The predicted molar refractivity (Wildman–Crippen MR) is 96.0 cm³/mol. The third-order valence-corrected chi connectivity index (χ3v) is 6.65. The Hall–Kier alpha value is -1.11. The number of nitrogens with one attached hydrogen (secondary N) is 2. The molecule has 0 aliphatic carbocycles. The minimum Gasteiger partial charge on any atom is -0.487 e. The first-order valence-electron chi connectivity index (χ1n) is 9.00. The summed E-state index contributed by atoms with van der Waals surface area (Å²) in [6, 6.07) is 8.33. The molecule has 3 rings (SSSR count). The largest absolute Gasteiger partial charge is 0.487 e. The third-order valence-electron chi connectivity index (χ3n) is 5.25. The molecule has 0 saturated carbocycles. The summed E-state index contributed by atoms with van der Waals surface area (Å²) < 4.78 is 32.2. The fraction of sp³-hybridized carbons (Fsp3) is 0.667. The lowest BCUT2D eigenvalue weighted by atomic mass is 9.76. The van der Waals surface area contributed by atoms with Gasteiger partial charge >= 0.3 is 0 Å². The first kappa shape index (κ1) is 17.7. The van der Waals surface area contributed by atoms with Crippen molar-refractivity contribution in [2.75, 3.05) is 25.4 Å². The minimum atomic E-state index is -3.09. The summed E-state index contributed by atoms with van der Waals surface area (Å²) in [6.07, 6.45) is 4.96. The van der Waals surface area contributed by atoms with E-state index in [2.05, 4.69) is 28.2 Å². The molecule has 1 fully saturated rings. The molecule has 0 amide bonds. The average Bonchev–Trinajstić information content (AvgIpc) is 2.59. The Morgan fingerprint density at radius 3 is 2.79 bits per heavy atom. The van der Waals surface area contributed by atoms with Crippen LogP contribution in [0.5, 0.6) is 5.75 Å². The van der Waals surface area contributed by atoms with Crippen LogP contribution in [0.15, 0.2) is 24.3 Å². The van der Waals surface area contributed by atoms with E-state index >= 15 is 0 Å². The Kier molecular flexibility index (Phi) is 5.47. The second-order valence-corrected chi connectivity index (χ2v) is 9.01. The predicted octanol–water partition coefficient (Wildman–Crippen LogP) is 2.39. The molecule has 1 saturated heterocycles. The Morgan fingerprint density at radius 2 is 2.04 bits per heavy atom. The van der Waals surface area contributed by atoms with E-state index in [4.69, 9.17) is 4.74 Å². The van der Waals surface area contributed by atoms with Gasteiger partial charge in [-0.15, -0.1) is 0 Å². The standard InChI is InChI=1S/C18H28N2O3S/c1-2-24(21,22)20-11-5-6-15-14-18(9-12-19-13-10-18)23-17-8-4-3-7-16(15)17/h3-4,7-8,15,19-20H,2,5-6,9-14H2,1H3. The van der Waals surface area contributed by atoms with E-state index in [1.165, 1.54) is 5.56 Å². The summed E-state index contributed by atoms with van der Waals surface area (Å²) in [6.45, 7) is 4.19. The molecule has 2 heterocycles. The summed E-state index contributed by atoms with van der Waals surface area (Å²) in [5, 5.41) is 3.41. The molecular formula is C18H28N2O3S. The van der Waals surface area contributed by atoms with Gasteiger partial charge < -0.3 is 10.1 Å². The van der Waals surface area contributed by atoms with Gasteiger partial charge in [-0.2, -0.15) is 0 Å². The number of para-hydroxylation sites is 1. The highest BCUT2D eigenvalue weighted by molar-refractivity contribution is 7.89. The average molecular weight is 353 g/mol. The molecule has 134 valence electrons. The molecule has 0 bridgehead atoms. The summed E-state index contributed by atoms with van der Waals surface area (Å²) in [4.78, 5) is 0. The normalized spacial score (nSPS) is 22.8. The number of piperidine rings is 1. The molecule has 0 radical (unpaired) electrons. The number of hydrogen-bond acceptors (Lipinski definition) is 4. The molecule has 2 aliphatic heterocycles.